The van der Waals surface area contributed by atoms with Crippen LogP contribution in [-0.4, -0.2) is 46.8 Å². The Hall–Kier alpha value is -3.49. The van der Waals surface area contributed by atoms with Gasteiger partial charge in [-0.1, -0.05) is 13.8 Å². The fraction of sp³-hybridized carbons (Fsp3) is 0.316. The van der Waals surface area contributed by atoms with E-state index in [0.717, 1.165) is 17.1 Å². The molecule has 0 saturated heterocycles. The highest BCUT2D eigenvalue weighted by atomic mass is 16.4. The Kier molecular flexibility index (Phi) is 6.29. The first-order chi connectivity index (χ1) is 13.1. The summed E-state index contributed by atoms with van der Waals surface area (Å²) in [6.07, 6.45) is 2.32. The maximum Gasteiger partial charge on any atom is 0.325 e. The maximum atomic E-state index is 12.5. The van der Waals surface area contributed by atoms with Gasteiger partial charge in [-0.2, -0.15) is 0 Å². The van der Waals surface area contributed by atoms with Crippen molar-refractivity contribution in [1.29, 1.82) is 0 Å². The number of carboxylic acid groups (broad SMARTS) is 1. The van der Waals surface area contributed by atoms with Gasteiger partial charge < -0.3 is 15.7 Å². The third-order valence-corrected chi connectivity index (χ3v) is 4.16. The number of anilines is 1. The number of carbonyl (C=O) groups is 5. The maximum absolute atomic E-state index is 12.5. The smallest absolute Gasteiger partial charge is 0.325 e. The molecule has 28 heavy (non-hydrogen) atoms. The Morgan fingerprint density at radius 3 is 1.93 bits per heavy atom. The Morgan fingerprint density at radius 2 is 1.46 bits per heavy atom. The second-order valence-corrected chi connectivity index (χ2v) is 6.66. The molecule has 2 atom stereocenters. The fourth-order valence-electron chi connectivity index (χ4n) is 2.54. The minimum atomic E-state index is -1.18. The minimum absolute atomic E-state index is 0.223. The highest BCUT2D eigenvalue weighted by Crippen LogP contribution is 2.19. The number of amides is 4. The first-order valence-corrected chi connectivity index (χ1v) is 8.62. The Labute approximate surface area is 161 Å². The summed E-state index contributed by atoms with van der Waals surface area (Å²) in [6, 6.07) is 3.75. The average molecular weight is 387 g/mol. The highest BCUT2D eigenvalue weighted by Gasteiger charge is 2.28. The molecule has 1 aromatic rings. The van der Waals surface area contributed by atoms with E-state index in [1.54, 1.807) is 13.8 Å². The lowest BCUT2D eigenvalue weighted by Gasteiger charge is -2.23. The third kappa shape index (κ3) is 4.61. The van der Waals surface area contributed by atoms with Crippen molar-refractivity contribution in [1.82, 2.24) is 10.6 Å². The first-order valence-electron chi connectivity index (χ1n) is 8.62. The number of hydrogen-bond donors (Lipinski definition) is 3. The quantitative estimate of drug-likeness (QED) is 0.582. The molecule has 0 aromatic heterocycles. The zero-order chi connectivity index (χ0) is 21.0. The summed E-state index contributed by atoms with van der Waals surface area (Å²) in [5, 5.41) is 13.8. The number of nitrogens with zero attached hydrogens (tertiary/aromatic N) is 1. The summed E-state index contributed by atoms with van der Waals surface area (Å²) >= 11 is 0. The van der Waals surface area contributed by atoms with Gasteiger partial charge >= 0.3 is 5.97 Å². The number of aliphatic carboxylic acids is 1. The van der Waals surface area contributed by atoms with Crippen LogP contribution < -0.4 is 15.5 Å². The SMILES string of the molecule is CC(C)[C@H](NC(=O)c1ccc(N2C(=O)C=CC2=O)cc1)C(=O)N[C@@H](C)C(=O)O. The molecule has 0 aliphatic carbocycles. The van der Waals surface area contributed by atoms with E-state index in [-0.39, 0.29) is 11.5 Å². The molecule has 9 heteroatoms. The van der Waals surface area contributed by atoms with Crippen LogP contribution in [0.1, 0.15) is 31.1 Å². The van der Waals surface area contributed by atoms with Crippen molar-refractivity contribution < 1.29 is 29.1 Å². The van der Waals surface area contributed by atoms with Gasteiger partial charge in [-0.05, 0) is 37.1 Å². The number of hydrogen-bond acceptors (Lipinski definition) is 5. The molecule has 1 aliphatic heterocycles. The molecule has 4 amide bonds. The van der Waals surface area contributed by atoms with E-state index in [1.165, 1.54) is 31.2 Å². The van der Waals surface area contributed by atoms with Gasteiger partial charge in [0.15, 0.2) is 0 Å². The molecule has 0 fully saturated rings. The van der Waals surface area contributed by atoms with Crippen LogP contribution >= 0.6 is 0 Å². The van der Waals surface area contributed by atoms with Crippen molar-refractivity contribution in [3.63, 3.8) is 0 Å². The van der Waals surface area contributed by atoms with Gasteiger partial charge in [0, 0.05) is 17.7 Å². The summed E-state index contributed by atoms with van der Waals surface area (Å²) < 4.78 is 0. The van der Waals surface area contributed by atoms with Crippen molar-refractivity contribution in [2.75, 3.05) is 4.90 Å². The fourth-order valence-corrected chi connectivity index (χ4v) is 2.54. The number of carboxylic acids is 1. The molecule has 0 radical (unpaired) electrons. The molecule has 0 unspecified atom stereocenters. The number of benzene rings is 1. The first kappa shape index (κ1) is 20.8. The standard InChI is InChI=1S/C19H21N3O6/c1-10(2)16(18(26)20-11(3)19(27)28)21-17(25)12-4-6-13(7-5-12)22-14(23)8-9-15(22)24/h4-11,16H,1-3H3,(H,20,26)(H,21,25)(H,27,28)/t11-,16-/m0/s1. The van der Waals surface area contributed by atoms with Gasteiger partial charge in [0.25, 0.3) is 17.7 Å². The zero-order valence-corrected chi connectivity index (χ0v) is 15.6. The van der Waals surface area contributed by atoms with Crippen LogP contribution in [-0.2, 0) is 19.2 Å². The molecular formula is C19H21N3O6. The molecule has 0 spiro atoms. The molecule has 1 aromatic carbocycles. The summed E-state index contributed by atoms with van der Waals surface area (Å²) in [5.74, 6) is -3.54. The second kappa shape index (κ2) is 8.47. The van der Waals surface area contributed by atoms with Crippen molar-refractivity contribution in [3.05, 3.63) is 42.0 Å². The molecule has 9 nitrogen and oxygen atoms in total. The monoisotopic (exact) mass is 387 g/mol. The van der Waals surface area contributed by atoms with E-state index in [9.17, 15) is 24.0 Å². The number of carbonyl (C=O) groups excluding carboxylic acids is 4. The van der Waals surface area contributed by atoms with Gasteiger partial charge in [-0.25, -0.2) is 4.90 Å². The van der Waals surface area contributed by atoms with E-state index in [4.69, 9.17) is 5.11 Å². The molecule has 3 N–H and O–H groups in total. The normalized spacial score (nSPS) is 15.5. The van der Waals surface area contributed by atoms with E-state index in [2.05, 4.69) is 10.6 Å². The lowest BCUT2D eigenvalue weighted by molar-refractivity contribution is -0.141. The van der Waals surface area contributed by atoms with Gasteiger partial charge in [-0.3, -0.25) is 24.0 Å². The minimum Gasteiger partial charge on any atom is -0.480 e. The molecular weight excluding hydrogens is 366 g/mol. The number of imide groups is 1. The average Bonchev–Trinajstić information content (AvgIpc) is 2.97. The summed E-state index contributed by atoms with van der Waals surface area (Å²) in [5.41, 5.74) is 0.547. The van der Waals surface area contributed by atoms with E-state index < -0.39 is 41.7 Å². The van der Waals surface area contributed by atoms with Crippen LogP contribution in [0.3, 0.4) is 0 Å². The Morgan fingerprint density at radius 1 is 0.929 bits per heavy atom. The Bertz CT molecular complexity index is 826. The van der Waals surface area contributed by atoms with Crippen LogP contribution in [0.15, 0.2) is 36.4 Å². The molecule has 1 heterocycles. The number of nitrogens with one attached hydrogen (secondary N) is 2. The van der Waals surface area contributed by atoms with E-state index in [0.29, 0.717) is 5.69 Å². The molecule has 0 bridgehead atoms. The highest BCUT2D eigenvalue weighted by molar-refractivity contribution is 6.28. The largest absolute Gasteiger partial charge is 0.480 e. The molecule has 148 valence electrons. The summed E-state index contributed by atoms with van der Waals surface area (Å²) in [6.45, 7) is 4.77. The van der Waals surface area contributed by atoms with Crippen LogP contribution in [0, 0.1) is 5.92 Å². The zero-order valence-electron chi connectivity index (χ0n) is 15.6. The van der Waals surface area contributed by atoms with Gasteiger partial charge in [0.2, 0.25) is 5.91 Å². The van der Waals surface area contributed by atoms with Crippen molar-refractivity contribution in [2.45, 2.75) is 32.9 Å². The third-order valence-electron chi connectivity index (χ3n) is 4.16. The van der Waals surface area contributed by atoms with Crippen molar-refractivity contribution in [3.8, 4) is 0 Å². The van der Waals surface area contributed by atoms with Crippen LogP contribution in [0.25, 0.3) is 0 Å². The van der Waals surface area contributed by atoms with Crippen LogP contribution in [0.4, 0.5) is 5.69 Å². The summed E-state index contributed by atoms with van der Waals surface area (Å²) in [4.78, 5) is 60.0. The Balaban J connectivity index is 2.09. The topological polar surface area (TPSA) is 133 Å². The number of rotatable bonds is 7. The molecule has 1 aliphatic rings. The van der Waals surface area contributed by atoms with Crippen LogP contribution in [0.2, 0.25) is 0 Å². The van der Waals surface area contributed by atoms with Gasteiger partial charge in [-0.15, -0.1) is 0 Å². The predicted molar refractivity (Wildman–Crippen MR) is 99.4 cm³/mol. The summed E-state index contributed by atoms with van der Waals surface area (Å²) in [7, 11) is 0. The molecule has 2 rings (SSSR count). The lowest BCUT2D eigenvalue weighted by Crippen LogP contribution is -2.53. The van der Waals surface area contributed by atoms with E-state index in [1.807, 2.05) is 0 Å². The van der Waals surface area contributed by atoms with Gasteiger partial charge in [0.1, 0.15) is 12.1 Å². The second-order valence-electron chi connectivity index (χ2n) is 6.66. The molecule has 0 saturated carbocycles. The van der Waals surface area contributed by atoms with Gasteiger partial charge in [0.05, 0.1) is 5.69 Å². The predicted octanol–water partition coefficient (Wildman–Crippen LogP) is 0.460. The van der Waals surface area contributed by atoms with Crippen LogP contribution in [0.5, 0.6) is 0 Å². The van der Waals surface area contributed by atoms with Crippen molar-refractivity contribution in [2.24, 2.45) is 5.92 Å². The van der Waals surface area contributed by atoms with E-state index >= 15 is 0 Å². The van der Waals surface area contributed by atoms with Crippen molar-refractivity contribution >= 4 is 35.3 Å². The lowest BCUT2D eigenvalue weighted by atomic mass is 10.0.